The van der Waals surface area contributed by atoms with Crippen LogP contribution in [0.3, 0.4) is 0 Å². The Labute approximate surface area is 142 Å². The summed E-state index contributed by atoms with van der Waals surface area (Å²) in [7, 11) is 1.78. The van der Waals surface area contributed by atoms with Gasteiger partial charge < -0.3 is 15.1 Å². The van der Waals surface area contributed by atoms with E-state index in [-0.39, 0.29) is 5.41 Å². The maximum atomic E-state index is 5.31. The molecule has 2 aromatic rings. The molecule has 2 N–H and O–H groups in total. The van der Waals surface area contributed by atoms with Crippen molar-refractivity contribution in [3.05, 3.63) is 40.2 Å². The van der Waals surface area contributed by atoms with Crippen LogP contribution in [0.2, 0.25) is 0 Å². The third-order valence-corrected chi connectivity index (χ3v) is 4.65. The van der Waals surface area contributed by atoms with Crippen molar-refractivity contribution in [1.82, 2.24) is 15.6 Å². The highest BCUT2D eigenvalue weighted by atomic mass is 32.1. The summed E-state index contributed by atoms with van der Waals surface area (Å²) >= 11 is 1.74. The lowest BCUT2D eigenvalue weighted by Gasteiger charge is -2.13. The van der Waals surface area contributed by atoms with Crippen LogP contribution in [0.15, 0.2) is 33.2 Å². The number of hydrogen-bond donors (Lipinski definition) is 2. The van der Waals surface area contributed by atoms with E-state index in [4.69, 9.17) is 9.40 Å². The minimum Gasteiger partial charge on any atom is -0.469 e. The number of aliphatic imine (C=N–C) groups is 1. The van der Waals surface area contributed by atoms with Crippen LogP contribution in [0, 0.1) is 0 Å². The summed E-state index contributed by atoms with van der Waals surface area (Å²) in [6.07, 6.45) is 3.43. The predicted molar refractivity (Wildman–Crippen MR) is 96.3 cm³/mol. The first-order chi connectivity index (χ1) is 11.0. The van der Waals surface area contributed by atoms with Crippen LogP contribution in [0.25, 0.3) is 0 Å². The SMILES string of the molecule is CN=C(NCCc1csc(C(C)(C)C)n1)NCCc1ccco1. The second-order valence-corrected chi connectivity index (χ2v) is 7.26. The van der Waals surface area contributed by atoms with Crippen molar-refractivity contribution in [2.24, 2.45) is 4.99 Å². The van der Waals surface area contributed by atoms with Crippen molar-refractivity contribution in [2.75, 3.05) is 20.1 Å². The van der Waals surface area contributed by atoms with Crippen LogP contribution in [0.4, 0.5) is 0 Å². The predicted octanol–water partition coefficient (Wildman–Crippen LogP) is 2.98. The number of furan rings is 1. The molecule has 0 spiro atoms. The van der Waals surface area contributed by atoms with Gasteiger partial charge in [-0.3, -0.25) is 4.99 Å². The van der Waals surface area contributed by atoms with Crippen molar-refractivity contribution >= 4 is 17.3 Å². The Morgan fingerprint density at radius 1 is 1.26 bits per heavy atom. The summed E-state index contributed by atoms with van der Waals surface area (Å²) in [4.78, 5) is 8.93. The number of thiazole rings is 1. The van der Waals surface area contributed by atoms with Crippen molar-refractivity contribution in [1.29, 1.82) is 0 Å². The molecule has 0 radical (unpaired) electrons. The molecule has 0 saturated heterocycles. The van der Waals surface area contributed by atoms with Gasteiger partial charge in [0, 0.05) is 43.8 Å². The molecular formula is C17H26N4OS. The van der Waals surface area contributed by atoms with E-state index < -0.39 is 0 Å². The zero-order chi connectivity index (χ0) is 16.7. The van der Waals surface area contributed by atoms with Gasteiger partial charge in [-0.2, -0.15) is 0 Å². The van der Waals surface area contributed by atoms with Crippen LogP contribution in [0.5, 0.6) is 0 Å². The Kier molecular flexibility index (Phi) is 6.21. The molecule has 5 nitrogen and oxygen atoms in total. The summed E-state index contributed by atoms with van der Waals surface area (Å²) < 4.78 is 5.31. The second-order valence-electron chi connectivity index (χ2n) is 6.40. The average Bonchev–Trinajstić information content (AvgIpc) is 3.16. The standard InChI is InChI=1S/C17H26N4OS/c1-17(2,3)15-21-13(12-23-15)7-9-19-16(18-4)20-10-8-14-6-5-11-22-14/h5-6,11-12H,7-10H2,1-4H3,(H2,18,19,20). The highest BCUT2D eigenvalue weighted by Gasteiger charge is 2.17. The molecule has 0 bridgehead atoms. The molecule has 2 heterocycles. The third kappa shape index (κ3) is 5.71. The van der Waals surface area contributed by atoms with E-state index in [1.807, 2.05) is 12.1 Å². The highest BCUT2D eigenvalue weighted by molar-refractivity contribution is 7.09. The molecule has 0 fully saturated rings. The van der Waals surface area contributed by atoms with Gasteiger partial charge in [-0.15, -0.1) is 11.3 Å². The topological polar surface area (TPSA) is 62.5 Å². The highest BCUT2D eigenvalue weighted by Crippen LogP contribution is 2.25. The van der Waals surface area contributed by atoms with Gasteiger partial charge in [0.2, 0.25) is 0 Å². The molecule has 0 amide bonds. The number of nitrogens with zero attached hydrogens (tertiary/aromatic N) is 2. The molecule has 0 unspecified atom stereocenters. The lowest BCUT2D eigenvalue weighted by Crippen LogP contribution is -2.39. The van der Waals surface area contributed by atoms with Crippen LogP contribution < -0.4 is 10.6 Å². The van der Waals surface area contributed by atoms with E-state index in [0.717, 1.165) is 43.3 Å². The van der Waals surface area contributed by atoms with Crippen molar-refractivity contribution < 1.29 is 4.42 Å². The number of guanidine groups is 1. The van der Waals surface area contributed by atoms with Gasteiger partial charge in [0.15, 0.2) is 5.96 Å². The molecule has 23 heavy (non-hydrogen) atoms. The van der Waals surface area contributed by atoms with Crippen LogP contribution in [0.1, 0.15) is 37.2 Å². The Morgan fingerprint density at radius 2 is 2.00 bits per heavy atom. The minimum atomic E-state index is 0.125. The normalized spacial score (nSPS) is 12.4. The zero-order valence-corrected chi connectivity index (χ0v) is 15.2. The van der Waals surface area contributed by atoms with Crippen LogP contribution in [-0.4, -0.2) is 31.1 Å². The third-order valence-electron chi connectivity index (χ3n) is 3.33. The first kappa shape index (κ1) is 17.5. The Bertz CT molecular complexity index is 611. The summed E-state index contributed by atoms with van der Waals surface area (Å²) in [5.74, 6) is 1.79. The van der Waals surface area contributed by atoms with Gasteiger partial charge in [0.1, 0.15) is 5.76 Å². The summed E-state index contributed by atoms with van der Waals surface area (Å²) in [6, 6.07) is 3.88. The summed E-state index contributed by atoms with van der Waals surface area (Å²) in [5.41, 5.74) is 1.26. The van der Waals surface area contributed by atoms with E-state index in [0.29, 0.717) is 0 Å². The zero-order valence-electron chi connectivity index (χ0n) is 14.3. The smallest absolute Gasteiger partial charge is 0.191 e. The monoisotopic (exact) mass is 334 g/mol. The van der Waals surface area contributed by atoms with Gasteiger partial charge in [0.25, 0.3) is 0 Å². The maximum Gasteiger partial charge on any atom is 0.191 e. The molecule has 2 aromatic heterocycles. The van der Waals surface area contributed by atoms with E-state index >= 15 is 0 Å². The lowest BCUT2D eigenvalue weighted by atomic mass is 9.98. The van der Waals surface area contributed by atoms with Gasteiger partial charge >= 0.3 is 0 Å². The van der Waals surface area contributed by atoms with E-state index in [2.05, 4.69) is 41.8 Å². The molecule has 0 aliphatic heterocycles. The van der Waals surface area contributed by atoms with E-state index in [1.165, 1.54) is 5.01 Å². The largest absolute Gasteiger partial charge is 0.469 e. The molecule has 0 aromatic carbocycles. The minimum absolute atomic E-state index is 0.125. The van der Waals surface area contributed by atoms with Gasteiger partial charge in [0.05, 0.1) is 17.0 Å². The van der Waals surface area contributed by atoms with Gasteiger partial charge in [-0.05, 0) is 12.1 Å². The molecule has 0 aliphatic rings. The van der Waals surface area contributed by atoms with Crippen molar-refractivity contribution in [2.45, 2.75) is 39.0 Å². The van der Waals surface area contributed by atoms with Crippen LogP contribution in [-0.2, 0) is 18.3 Å². The Hall–Kier alpha value is -1.82. The number of rotatable bonds is 6. The number of nitrogens with one attached hydrogen (secondary N) is 2. The molecule has 0 atom stereocenters. The molecule has 2 rings (SSSR count). The van der Waals surface area contributed by atoms with Crippen LogP contribution >= 0.6 is 11.3 Å². The Morgan fingerprint density at radius 3 is 2.57 bits per heavy atom. The molecule has 126 valence electrons. The van der Waals surface area contributed by atoms with Gasteiger partial charge in [-0.25, -0.2) is 4.98 Å². The van der Waals surface area contributed by atoms with E-state index in [1.54, 1.807) is 24.6 Å². The summed E-state index contributed by atoms with van der Waals surface area (Å²) in [6.45, 7) is 8.18. The number of hydrogen-bond acceptors (Lipinski definition) is 4. The van der Waals surface area contributed by atoms with Crippen molar-refractivity contribution in [3.63, 3.8) is 0 Å². The summed E-state index contributed by atoms with van der Waals surface area (Å²) in [5, 5.41) is 9.94. The van der Waals surface area contributed by atoms with E-state index in [9.17, 15) is 0 Å². The first-order valence-electron chi connectivity index (χ1n) is 7.91. The lowest BCUT2D eigenvalue weighted by molar-refractivity contribution is 0.507. The molecule has 0 aliphatic carbocycles. The average molecular weight is 334 g/mol. The second kappa shape index (κ2) is 8.15. The first-order valence-corrected chi connectivity index (χ1v) is 8.79. The fourth-order valence-corrected chi connectivity index (χ4v) is 3.00. The molecular weight excluding hydrogens is 308 g/mol. The van der Waals surface area contributed by atoms with Crippen molar-refractivity contribution in [3.8, 4) is 0 Å². The van der Waals surface area contributed by atoms with Gasteiger partial charge in [-0.1, -0.05) is 20.8 Å². The fourth-order valence-electron chi connectivity index (χ4n) is 2.05. The Balaban J connectivity index is 1.70. The fraction of sp³-hybridized carbons (Fsp3) is 0.529. The maximum absolute atomic E-state index is 5.31. The molecule has 0 saturated carbocycles. The molecule has 6 heteroatoms. The number of aromatic nitrogens is 1. The quantitative estimate of drug-likeness (QED) is 0.630.